The van der Waals surface area contributed by atoms with Crippen LogP contribution in [0.3, 0.4) is 0 Å². The molecule has 0 saturated carbocycles. The van der Waals surface area contributed by atoms with Crippen molar-refractivity contribution >= 4 is 0 Å². The maximum absolute atomic E-state index is 9.43. The van der Waals surface area contributed by atoms with Gasteiger partial charge in [0, 0.05) is 13.2 Å². The molecular formula is C13H28O2. The molecule has 2 heteroatoms. The predicted molar refractivity (Wildman–Crippen MR) is 64.7 cm³/mol. The Hall–Kier alpha value is -0.0800. The Labute approximate surface area is 94.7 Å². The highest BCUT2D eigenvalue weighted by molar-refractivity contribution is 4.73. The summed E-state index contributed by atoms with van der Waals surface area (Å²) in [5.74, 6) is 2.15. The molecule has 0 amide bonds. The molecule has 3 unspecified atom stereocenters. The molecule has 15 heavy (non-hydrogen) atoms. The Kier molecular flexibility index (Phi) is 8.07. The Morgan fingerprint density at radius 1 is 1.07 bits per heavy atom. The van der Waals surface area contributed by atoms with E-state index in [1.807, 2.05) is 0 Å². The molecule has 0 saturated heterocycles. The molecular weight excluding hydrogens is 188 g/mol. The van der Waals surface area contributed by atoms with Gasteiger partial charge in [0.25, 0.3) is 0 Å². The van der Waals surface area contributed by atoms with Crippen molar-refractivity contribution in [1.82, 2.24) is 0 Å². The zero-order valence-corrected chi connectivity index (χ0v) is 10.7. The van der Waals surface area contributed by atoms with E-state index >= 15 is 0 Å². The summed E-state index contributed by atoms with van der Waals surface area (Å²) >= 11 is 0. The van der Waals surface area contributed by atoms with Crippen LogP contribution in [0.4, 0.5) is 0 Å². The van der Waals surface area contributed by atoms with E-state index in [9.17, 15) is 5.11 Å². The van der Waals surface area contributed by atoms with E-state index in [0.717, 1.165) is 19.3 Å². The Bertz CT molecular complexity index is 145. The molecule has 0 aliphatic carbocycles. The highest BCUT2D eigenvalue weighted by atomic mass is 16.3. The first-order valence-corrected chi connectivity index (χ1v) is 6.28. The first-order valence-electron chi connectivity index (χ1n) is 6.28. The molecule has 0 bridgehead atoms. The van der Waals surface area contributed by atoms with E-state index < -0.39 is 0 Å². The van der Waals surface area contributed by atoms with E-state index in [1.54, 1.807) is 0 Å². The molecule has 0 aliphatic rings. The normalized spacial score (nSPS) is 17.8. The first kappa shape index (κ1) is 14.9. The van der Waals surface area contributed by atoms with Crippen LogP contribution in [0.25, 0.3) is 0 Å². The summed E-state index contributed by atoms with van der Waals surface area (Å²) in [6, 6.07) is 0. The molecule has 0 aromatic carbocycles. The summed E-state index contributed by atoms with van der Waals surface area (Å²) in [4.78, 5) is 0. The fraction of sp³-hybridized carbons (Fsp3) is 1.00. The number of aliphatic hydroxyl groups excluding tert-OH is 2. The molecule has 0 fully saturated rings. The maximum atomic E-state index is 9.43. The second kappa shape index (κ2) is 8.12. The number of aliphatic hydroxyl groups is 2. The van der Waals surface area contributed by atoms with Gasteiger partial charge in [-0.2, -0.15) is 0 Å². The molecule has 0 heterocycles. The van der Waals surface area contributed by atoms with Crippen LogP contribution in [0.2, 0.25) is 0 Å². The van der Waals surface area contributed by atoms with Crippen LogP contribution < -0.4 is 0 Å². The second-order valence-electron chi connectivity index (χ2n) is 5.11. The highest BCUT2D eigenvalue weighted by Crippen LogP contribution is 2.29. The SMILES string of the molecule is CCC(C(C)C)C(CO)CC(C)CCO. The molecule has 0 rings (SSSR count). The van der Waals surface area contributed by atoms with Gasteiger partial charge >= 0.3 is 0 Å². The predicted octanol–water partition coefficient (Wildman–Crippen LogP) is 2.69. The molecule has 0 aliphatic heterocycles. The lowest BCUT2D eigenvalue weighted by Crippen LogP contribution is -2.25. The number of hydrogen-bond acceptors (Lipinski definition) is 2. The summed E-state index contributed by atoms with van der Waals surface area (Å²) in [5.41, 5.74) is 0. The van der Waals surface area contributed by atoms with Crippen LogP contribution in [0.1, 0.15) is 47.0 Å². The van der Waals surface area contributed by atoms with Gasteiger partial charge in [0.2, 0.25) is 0 Å². The van der Waals surface area contributed by atoms with Gasteiger partial charge in [0.05, 0.1) is 0 Å². The van der Waals surface area contributed by atoms with Gasteiger partial charge < -0.3 is 10.2 Å². The zero-order valence-electron chi connectivity index (χ0n) is 10.7. The lowest BCUT2D eigenvalue weighted by atomic mass is 9.77. The minimum atomic E-state index is 0.262. The third kappa shape index (κ3) is 5.53. The third-order valence-electron chi connectivity index (χ3n) is 3.49. The van der Waals surface area contributed by atoms with Crippen LogP contribution in [0, 0.1) is 23.7 Å². The van der Waals surface area contributed by atoms with E-state index in [0.29, 0.717) is 23.7 Å². The molecule has 0 aromatic heterocycles. The summed E-state index contributed by atoms with van der Waals surface area (Å²) in [6.07, 6.45) is 3.02. The van der Waals surface area contributed by atoms with Gasteiger partial charge in [-0.15, -0.1) is 0 Å². The van der Waals surface area contributed by atoms with Crippen LogP contribution in [0.15, 0.2) is 0 Å². The van der Waals surface area contributed by atoms with Crippen LogP contribution in [0.5, 0.6) is 0 Å². The van der Waals surface area contributed by atoms with Crippen LogP contribution >= 0.6 is 0 Å². The van der Waals surface area contributed by atoms with Gasteiger partial charge in [-0.1, -0.05) is 34.1 Å². The lowest BCUT2D eigenvalue weighted by molar-refractivity contribution is 0.115. The van der Waals surface area contributed by atoms with Gasteiger partial charge in [-0.25, -0.2) is 0 Å². The molecule has 0 spiro atoms. The molecule has 0 radical (unpaired) electrons. The Balaban J connectivity index is 4.20. The lowest BCUT2D eigenvalue weighted by Gasteiger charge is -2.29. The molecule has 2 nitrogen and oxygen atoms in total. The van der Waals surface area contributed by atoms with Crippen molar-refractivity contribution in [2.45, 2.75) is 47.0 Å². The van der Waals surface area contributed by atoms with Gasteiger partial charge in [0.1, 0.15) is 0 Å². The Morgan fingerprint density at radius 2 is 1.67 bits per heavy atom. The monoisotopic (exact) mass is 216 g/mol. The molecule has 2 N–H and O–H groups in total. The average Bonchev–Trinajstić information content (AvgIpc) is 2.17. The van der Waals surface area contributed by atoms with Crippen LogP contribution in [-0.4, -0.2) is 23.4 Å². The maximum Gasteiger partial charge on any atom is 0.0462 e. The van der Waals surface area contributed by atoms with Gasteiger partial charge in [-0.3, -0.25) is 0 Å². The van der Waals surface area contributed by atoms with Crippen molar-refractivity contribution < 1.29 is 10.2 Å². The average molecular weight is 216 g/mol. The highest BCUT2D eigenvalue weighted by Gasteiger charge is 2.23. The molecule has 0 aromatic rings. The standard InChI is InChI=1S/C13H28O2/c1-5-13(10(2)3)12(9-15)8-11(4)6-7-14/h10-15H,5-9H2,1-4H3. The fourth-order valence-corrected chi connectivity index (χ4v) is 2.59. The topological polar surface area (TPSA) is 40.5 Å². The number of rotatable bonds is 8. The second-order valence-corrected chi connectivity index (χ2v) is 5.11. The van der Waals surface area contributed by atoms with Crippen molar-refractivity contribution in [3.63, 3.8) is 0 Å². The molecule has 3 atom stereocenters. The fourth-order valence-electron chi connectivity index (χ4n) is 2.59. The van der Waals surface area contributed by atoms with E-state index in [-0.39, 0.29) is 13.2 Å². The van der Waals surface area contributed by atoms with Crippen LogP contribution in [-0.2, 0) is 0 Å². The van der Waals surface area contributed by atoms with Crippen molar-refractivity contribution in [3.8, 4) is 0 Å². The van der Waals surface area contributed by atoms with Gasteiger partial charge in [-0.05, 0) is 36.5 Å². The first-order chi connectivity index (χ1) is 7.06. The largest absolute Gasteiger partial charge is 0.396 e. The van der Waals surface area contributed by atoms with E-state index in [1.165, 1.54) is 0 Å². The third-order valence-corrected chi connectivity index (χ3v) is 3.49. The molecule has 92 valence electrons. The summed E-state index contributed by atoms with van der Waals surface area (Å²) in [5, 5.41) is 18.3. The number of hydrogen-bond donors (Lipinski definition) is 2. The van der Waals surface area contributed by atoms with Crippen molar-refractivity contribution in [2.75, 3.05) is 13.2 Å². The Morgan fingerprint density at radius 3 is 2.00 bits per heavy atom. The minimum absolute atomic E-state index is 0.262. The smallest absolute Gasteiger partial charge is 0.0462 e. The summed E-state index contributed by atoms with van der Waals surface area (Å²) < 4.78 is 0. The van der Waals surface area contributed by atoms with Crippen molar-refractivity contribution in [3.05, 3.63) is 0 Å². The zero-order chi connectivity index (χ0) is 11.8. The van der Waals surface area contributed by atoms with Crippen molar-refractivity contribution in [2.24, 2.45) is 23.7 Å². The minimum Gasteiger partial charge on any atom is -0.396 e. The van der Waals surface area contributed by atoms with Crippen molar-refractivity contribution in [1.29, 1.82) is 0 Å². The van der Waals surface area contributed by atoms with Gasteiger partial charge in [0.15, 0.2) is 0 Å². The quantitative estimate of drug-likeness (QED) is 0.655. The van der Waals surface area contributed by atoms with E-state index in [2.05, 4.69) is 27.7 Å². The summed E-state index contributed by atoms with van der Waals surface area (Å²) in [6.45, 7) is 9.36. The summed E-state index contributed by atoms with van der Waals surface area (Å²) in [7, 11) is 0. The van der Waals surface area contributed by atoms with E-state index in [4.69, 9.17) is 5.11 Å².